The highest BCUT2D eigenvalue weighted by molar-refractivity contribution is 5.76. The number of hydrogen-bond donors (Lipinski definition) is 6. The fraction of sp³-hybridized carbons (Fsp3) is 0.974. The topological polar surface area (TPSA) is 149 Å². The Labute approximate surface area is 287 Å². The van der Waals surface area contributed by atoms with Crippen LogP contribution in [0.2, 0.25) is 0 Å². The third-order valence-corrected chi connectivity index (χ3v) is 9.71. The second-order valence-electron chi connectivity index (χ2n) is 14.1. The minimum atomic E-state index is -1.55. The molecular formula is C38H75NO8. The van der Waals surface area contributed by atoms with Crippen molar-refractivity contribution >= 4 is 5.91 Å². The molecule has 0 saturated carbocycles. The standard InChI is InChI=1S/C38H75NO8/c1-3-5-7-9-11-13-15-16-18-19-21-23-25-27-32(41)31(30-46-38-37(45)36(44)35(43)33(29-40)47-38)39-34(42)28-26-24-22-20-17-14-12-10-8-6-4-2/h31-33,35-38,40-41,43-45H,3-30H2,1-2H3,(H,39,42)/t31-,32+,33+,35-,36-,37+,38-/m0/s1. The lowest BCUT2D eigenvalue weighted by molar-refractivity contribution is -0.302. The van der Waals surface area contributed by atoms with E-state index in [0.717, 1.165) is 38.5 Å². The first-order valence-electron chi connectivity index (χ1n) is 19.7. The summed E-state index contributed by atoms with van der Waals surface area (Å²) in [6, 6.07) is -0.708. The van der Waals surface area contributed by atoms with Crippen molar-refractivity contribution in [2.75, 3.05) is 13.2 Å². The van der Waals surface area contributed by atoms with Crippen LogP contribution in [0.3, 0.4) is 0 Å². The first kappa shape index (κ1) is 44.2. The Balaban J connectivity index is 2.41. The third kappa shape index (κ3) is 21.8. The van der Waals surface area contributed by atoms with E-state index in [1.807, 2.05) is 0 Å². The molecule has 0 aliphatic carbocycles. The van der Waals surface area contributed by atoms with Gasteiger partial charge in [-0.2, -0.15) is 0 Å². The molecule has 280 valence electrons. The summed E-state index contributed by atoms with van der Waals surface area (Å²) in [6.45, 7) is 3.81. The Morgan fingerprint density at radius 1 is 0.638 bits per heavy atom. The Hall–Kier alpha value is -0.810. The number of unbranched alkanes of at least 4 members (excludes halogenated alkanes) is 22. The van der Waals surface area contributed by atoms with Gasteiger partial charge < -0.3 is 40.3 Å². The van der Waals surface area contributed by atoms with Crippen molar-refractivity contribution in [3.63, 3.8) is 0 Å². The van der Waals surface area contributed by atoms with Gasteiger partial charge in [0.05, 0.1) is 25.4 Å². The highest BCUT2D eigenvalue weighted by Crippen LogP contribution is 2.23. The Morgan fingerprint density at radius 3 is 1.51 bits per heavy atom. The summed E-state index contributed by atoms with van der Waals surface area (Å²) in [6.07, 6.45) is 22.5. The molecule has 1 heterocycles. The Bertz CT molecular complexity index is 711. The lowest BCUT2D eigenvalue weighted by atomic mass is 9.99. The number of carbonyl (C=O) groups excluding carboxylic acids is 1. The number of carbonyl (C=O) groups is 1. The highest BCUT2D eigenvalue weighted by atomic mass is 16.7. The molecule has 0 radical (unpaired) electrons. The van der Waals surface area contributed by atoms with Gasteiger partial charge in [0.2, 0.25) is 5.91 Å². The average molecular weight is 674 g/mol. The summed E-state index contributed by atoms with van der Waals surface area (Å²) < 4.78 is 11.2. The van der Waals surface area contributed by atoms with E-state index in [4.69, 9.17) is 9.47 Å². The van der Waals surface area contributed by atoms with Crippen molar-refractivity contribution in [2.45, 2.75) is 224 Å². The molecular weight excluding hydrogens is 598 g/mol. The molecule has 0 spiro atoms. The van der Waals surface area contributed by atoms with E-state index in [1.165, 1.54) is 116 Å². The average Bonchev–Trinajstić information content (AvgIpc) is 3.07. The van der Waals surface area contributed by atoms with Crippen LogP contribution in [0.5, 0.6) is 0 Å². The van der Waals surface area contributed by atoms with Gasteiger partial charge in [0.15, 0.2) is 6.29 Å². The van der Waals surface area contributed by atoms with Crippen LogP contribution in [0.1, 0.15) is 181 Å². The zero-order chi connectivity index (χ0) is 34.5. The number of amides is 1. The maximum absolute atomic E-state index is 12.9. The highest BCUT2D eigenvalue weighted by Gasteiger charge is 2.44. The van der Waals surface area contributed by atoms with E-state index in [0.29, 0.717) is 12.8 Å². The summed E-state index contributed by atoms with van der Waals surface area (Å²) in [5, 5.41) is 54.0. The molecule has 6 N–H and O–H groups in total. The summed E-state index contributed by atoms with van der Waals surface area (Å²) in [5.41, 5.74) is 0. The van der Waals surface area contributed by atoms with Crippen LogP contribution in [0.15, 0.2) is 0 Å². The van der Waals surface area contributed by atoms with E-state index in [1.54, 1.807) is 0 Å². The van der Waals surface area contributed by atoms with Gasteiger partial charge in [-0.15, -0.1) is 0 Å². The van der Waals surface area contributed by atoms with Crippen molar-refractivity contribution < 1.29 is 39.8 Å². The molecule has 1 fully saturated rings. The number of nitrogens with one attached hydrogen (secondary N) is 1. The number of hydrogen-bond acceptors (Lipinski definition) is 8. The van der Waals surface area contributed by atoms with Gasteiger partial charge in [-0.1, -0.05) is 162 Å². The summed E-state index contributed by atoms with van der Waals surface area (Å²) in [4.78, 5) is 12.9. The number of ether oxygens (including phenoxy) is 2. The molecule has 47 heavy (non-hydrogen) atoms. The summed E-state index contributed by atoms with van der Waals surface area (Å²) >= 11 is 0. The number of rotatable bonds is 32. The van der Waals surface area contributed by atoms with Gasteiger partial charge in [-0.05, 0) is 12.8 Å². The Morgan fingerprint density at radius 2 is 1.06 bits per heavy atom. The van der Waals surface area contributed by atoms with E-state index in [9.17, 15) is 30.3 Å². The van der Waals surface area contributed by atoms with Crippen LogP contribution in [-0.4, -0.2) is 87.5 Å². The lowest BCUT2D eigenvalue weighted by Crippen LogP contribution is -2.60. The fourth-order valence-electron chi connectivity index (χ4n) is 6.45. The predicted molar refractivity (Wildman–Crippen MR) is 189 cm³/mol. The smallest absolute Gasteiger partial charge is 0.220 e. The predicted octanol–water partition coefficient (Wildman–Crippen LogP) is 6.83. The van der Waals surface area contributed by atoms with Crippen LogP contribution < -0.4 is 5.32 Å². The molecule has 1 aliphatic rings. The lowest BCUT2D eigenvalue weighted by Gasteiger charge is -2.40. The minimum absolute atomic E-state index is 0.133. The van der Waals surface area contributed by atoms with Crippen LogP contribution in [-0.2, 0) is 14.3 Å². The molecule has 1 rings (SSSR count). The van der Waals surface area contributed by atoms with Gasteiger partial charge in [0.25, 0.3) is 0 Å². The molecule has 7 atom stereocenters. The minimum Gasteiger partial charge on any atom is -0.394 e. The molecule has 1 aliphatic heterocycles. The molecule has 0 aromatic heterocycles. The second-order valence-corrected chi connectivity index (χ2v) is 14.1. The monoisotopic (exact) mass is 674 g/mol. The van der Waals surface area contributed by atoms with Crippen LogP contribution in [0.4, 0.5) is 0 Å². The van der Waals surface area contributed by atoms with E-state index in [2.05, 4.69) is 19.2 Å². The van der Waals surface area contributed by atoms with Crippen molar-refractivity contribution in [3.8, 4) is 0 Å². The maximum Gasteiger partial charge on any atom is 0.220 e. The quantitative estimate of drug-likeness (QED) is 0.0426. The maximum atomic E-state index is 12.9. The van der Waals surface area contributed by atoms with Crippen molar-refractivity contribution in [3.05, 3.63) is 0 Å². The molecule has 0 unspecified atom stereocenters. The number of aliphatic hydroxyl groups excluding tert-OH is 5. The van der Waals surface area contributed by atoms with Crippen molar-refractivity contribution in [1.29, 1.82) is 0 Å². The first-order valence-corrected chi connectivity index (χ1v) is 19.7. The van der Waals surface area contributed by atoms with Gasteiger partial charge in [-0.3, -0.25) is 4.79 Å². The molecule has 0 aromatic carbocycles. The molecule has 9 heteroatoms. The fourth-order valence-corrected chi connectivity index (χ4v) is 6.45. The zero-order valence-corrected chi connectivity index (χ0v) is 30.3. The van der Waals surface area contributed by atoms with Crippen LogP contribution >= 0.6 is 0 Å². The molecule has 0 aromatic rings. The van der Waals surface area contributed by atoms with Crippen molar-refractivity contribution in [1.82, 2.24) is 5.32 Å². The second kappa shape index (κ2) is 30.1. The van der Waals surface area contributed by atoms with Gasteiger partial charge in [-0.25, -0.2) is 0 Å². The van der Waals surface area contributed by atoms with E-state index < -0.39 is 49.5 Å². The Kier molecular flexibility index (Phi) is 28.3. The van der Waals surface area contributed by atoms with Crippen LogP contribution in [0.25, 0.3) is 0 Å². The SMILES string of the molecule is CCCCCCCCCCCCCCC[C@@H](O)[C@H](CO[C@H]1O[C@H](CO)[C@H](O)[C@H](O)[C@H]1O)NC(=O)CCCCCCCCCCCCC. The largest absolute Gasteiger partial charge is 0.394 e. The normalized spacial score (nSPS) is 22.7. The van der Waals surface area contributed by atoms with E-state index in [-0.39, 0.29) is 12.5 Å². The van der Waals surface area contributed by atoms with Crippen LogP contribution in [0, 0.1) is 0 Å². The number of aliphatic hydroxyl groups is 5. The van der Waals surface area contributed by atoms with Crippen molar-refractivity contribution in [2.24, 2.45) is 0 Å². The third-order valence-electron chi connectivity index (χ3n) is 9.71. The molecule has 1 amide bonds. The van der Waals surface area contributed by atoms with Gasteiger partial charge >= 0.3 is 0 Å². The molecule has 1 saturated heterocycles. The summed E-state index contributed by atoms with van der Waals surface area (Å²) in [5.74, 6) is -0.146. The first-order chi connectivity index (χ1) is 22.8. The molecule has 0 bridgehead atoms. The molecule has 9 nitrogen and oxygen atoms in total. The zero-order valence-electron chi connectivity index (χ0n) is 30.3. The summed E-state index contributed by atoms with van der Waals surface area (Å²) in [7, 11) is 0. The van der Waals surface area contributed by atoms with E-state index >= 15 is 0 Å². The van der Waals surface area contributed by atoms with Gasteiger partial charge in [0, 0.05) is 6.42 Å². The van der Waals surface area contributed by atoms with Gasteiger partial charge in [0.1, 0.15) is 24.4 Å².